The minimum atomic E-state index is -0.318. The van der Waals surface area contributed by atoms with Crippen LogP contribution in [0.5, 0.6) is 0 Å². The average Bonchev–Trinajstić information content (AvgIpc) is 3.04. The van der Waals surface area contributed by atoms with Crippen LogP contribution in [0.15, 0.2) is 30.3 Å². The molecule has 7 nitrogen and oxygen atoms in total. The van der Waals surface area contributed by atoms with E-state index in [9.17, 15) is 4.79 Å². The van der Waals surface area contributed by atoms with Crippen molar-refractivity contribution in [2.24, 2.45) is 0 Å². The van der Waals surface area contributed by atoms with Crippen LogP contribution in [0.1, 0.15) is 51.8 Å². The molecule has 0 saturated carbocycles. The third-order valence-corrected chi connectivity index (χ3v) is 4.64. The second-order valence-electron chi connectivity index (χ2n) is 9.08. The molecule has 7 heteroatoms. The monoisotopic (exact) mass is 415 g/mol. The lowest BCUT2D eigenvalue weighted by Gasteiger charge is -2.29. The zero-order valence-corrected chi connectivity index (χ0v) is 19.7. The molecule has 0 spiro atoms. The standard InChI is InChI=1S/C23H37N5O2/c1-17(2)20-19(16-27(14-15-30-8)22(29)24-23(3,4)5)21(26(6)7)28(25-20)18-12-10-9-11-13-18/h9-13,17H,14-16H2,1-8H3,(H,24,29). The van der Waals surface area contributed by atoms with Gasteiger partial charge >= 0.3 is 6.03 Å². The summed E-state index contributed by atoms with van der Waals surface area (Å²) in [4.78, 5) is 16.9. The average molecular weight is 416 g/mol. The predicted molar refractivity (Wildman–Crippen MR) is 123 cm³/mol. The molecule has 0 aliphatic carbocycles. The maximum absolute atomic E-state index is 13.0. The van der Waals surface area contributed by atoms with Crippen molar-refractivity contribution in [3.63, 3.8) is 0 Å². The number of nitrogens with one attached hydrogen (secondary N) is 1. The van der Waals surface area contributed by atoms with E-state index in [1.54, 1.807) is 12.0 Å². The number of carbonyl (C=O) groups excluding carboxylic acids is 1. The molecule has 1 aromatic heterocycles. The third-order valence-electron chi connectivity index (χ3n) is 4.64. The second kappa shape index (κ2) is 9.98. The van der Waals surface area contributed by atoms with Gasteiger partial charge in [-0.1, -0.05) is 32.0 Å². The molecule has 0 aliphatic heterocycles. The number of benzene rings is 1. The number of amides is 2. The number of urea groups is 1. The van der Waals surface area contributed by atoms with Crippen LogP contribution >= 0.6 is 0 Å². The highest BCUT2D eigenvalue weighted by molar-refractivity contribution is 5.75. The number of hydrogen-bond acceptors (Lipinski definition) is 4. The minimum Gasteiger partial charge on any atom is -0.383 e. The van der Waals surface area contributed by atoms with Crippen molar-refractivity contribution >= 4 is 11.8 Å². The van der Waals surface area contributed by atoms with Crippen LogP contribution in [-0.2, 0) is 11.3 Å². The summed E-state index contributed by atoms with van der Waals surface area (Å²) in [6.07, 6.45) is 0. The Morgan fingerprint density at radius 1 is 1.20 bits per heavy atom. The molecule has 0 atom stereocenters. The zero-order valence-electron chi connectivity index (χ0n) is 19.7. The van der Waals surface area contributed by atoms with Gasteiger partial charge in [-0.05, 0) is 38.8 Å². The van der Waals surface area contributed by atoms with Gasteiger partial charge < -0.3 is 19.9 Å². The summed E-state index contributed by atoms with van der Waals surface area (Å²) in [5.74, 6) is 1.20. The Labute approximate surface area is 181 Å². The SMILES string of the molecule is COCCN(Cc1c(C(C)C)nn(-c2ccccc2)c1N(C)C)C(=O)NC(C)(C)C. The molecule has 0 unspecified atom stereocenters. The van der Waals surface area contributed by atoms with Gasteiger partial charge in [0, 0.05) is 38.9 Å². The smallest absolute Gasteiger partial charge is 0.318 e. The van der Waals surface area contributed by atoms with Crippen molar-refractivity contribution in [3.8, 4) is 5.69 Å². The van der Waals surface area contributed by atoms with Crippen molar-refractivity contribution in [1.29, 1.82) is 0 Å². The van der Waals surface area contributed by atoms with Gasteiger partial charge in [-0.25, -0.2) is 9.48 Å². The second-order valence-corrected chi connectivity index (χ2v) is 9.08. The minimum absolute atomic E-state index is 0.105. The number of anilines is 1. The van der Waals surface area contributed by atoms with Crippen LogP contribution < -0.4 is 10.2 Å². The number of hydrogen-bond donors (Lipinski definition) is 1. The van der Waals surface area contributed by atoms with E-state index < -0.39 is 0 Å². The number of para-hydroxylation sites is 1. The number of ether oxygens (including phenoxy) is 1. The summed E-state index contributed by atoms with van der Waals surface area (Å²) in [5.41, 5.74) is 2.73. The van der Waals surface area contributed by atoms with Crippen LogP contribution in [0.25, 0.3) is 5.69 Å². The fourth-order valence-electron chi connectivity index (χ4n) is 3.33. The van der Waals surface area contributed by atoms with Gasteiger partial charge in [0.2, 0.25) is 0 Å². The van der Waals surface area contributed by atoms with E-state index in [2.05, 4.69) is 24.1 Å². The lowest BCUT2D eigenvalue weighted by atomic mass is 10.0. The van der Waals surface area contributed by atoms with Gasteiger partial charge in [0.25, 0.3) is 0 Å². The van der Waals surface area contributed by atoms with Crippen LogP contribution in [0.3, 0.4) is 0 Å². The number of rotatable bonds is 8. The maximum Gasteiger partial charge on any atom is 0.318 e. The highest BCUT2D eigenvalue weighted by Gasteiger charge is 2.27. The Balaban J connectivity index is 2.53. The molecule has 1 heterocycles. The first-order valence-corrected chi connectivity index (χ1v) is 10.5. The van der Waals surface area contributed by atoms with Crippen LogP contribution in [-0.4, -0.2) is 60.6 Å². The van der Waals surface area contributed by atoms with Crippen LogP contribution in [0, 0.1) is 0 Å². The van der Waals surface area contributed by atoms with Gasteiger partial charge in [0.05, 0.1) is 24.5 Å². The Hall–Kier alpha value is -2.54. The Bertz CT molecular complexity index is 822. The number of nitrogens with zero attached hydrogens (tertiary/aromatic N) is 4. The highest BCUT2D eigenvalue weighted by atomic mass is 16.5. The first kappa shape index (κ1) is 23.7. The molecule has 0 saturated heterocycles. The molecule has 2 rings (SSSR count). The van der Waals surface area contributed by atoms with Crippen molar-refractivity contribution in [1.82, 2.24) is 20.0 Å². The lowest BCUT2D eigenvalue weighted by Crippen LogP contribution is -2.49. The van der Waals surface area contributed by atoms with Crippen molar-refractivity contribution in [2.75, 3.05) is 39.3 Å². The molecule has 0 fully saturated rings. The molecule has 2 amide bonds. The number of aromatic nitrogens is 2. The van der Waals surface area contributed by atoms with E-state index in [-0.39, 0.29) is 17.5 Å². The Morgan fingerprint density at radius 2 is 1.83 bits per heavy atom. The molecule has 1 N–H and O–H groups in total. The van der Waals surface area contributed by atoms with Gasteiger partial charge in [-0.15, -0.1) is 0 Å². The van der Waals surface area contributed by atoms with E-state index in [0.717, 1.165) is 22.8 Å². The Kier molecular flexibility index (Phi) is 7.89. The molecular weight excluding hydrogens is 378 g/mol. The topological polar surface area (TPSA) is 62.6 Å². The number of carbonyl (C=O) groups is 1. The first-order chi connectivity index (χ1) is 14.0. The van der Waals surface area contributed by atoms with E-state index in [0.29, 0.717) is 19.7 Å². The highest BCUT2D eigenvalue weighted by Crippen LogP contribution is 2.31. The van der Waals surface area contributed by atoms with Crippen molar-refractivity contribution in [3.05, 3.63) is 41.6 Å². The number of methoxy groups -OCH3 is 1. The molecule has 0 bridgehead atoms. The molecule has 1 aromatic carbocycles. The lowest BCUT2D eigenvalue weighted by molar-refractivity contribution is 0.142. The maximum atomic E-state index is 13.0. The third kappa shape index (κ3) is 5.98. The predicted octanol–water partition coefficient (Wildman–Crippen LogP) is 4.02. The summed E-state index contributed by atoms with van der Waals surface area (Å²) in [5, 5.41) is 8.03. The van der Waals surface area contributed by atoms with Crippen molar-refractivity contribution in [2.45, 2.75) is 52.6 Å². The fourth-order valence-corrected chi connectivity index (χ4v) is 3.33. The summed E-state index contributed by atoms with van der Waals surface area (Å²) >= 11 is 0. The largest absolute Gasteiger partial charge is 0.383 e. The quantitative estimate of drug-likeness (QED) is 0.707. The van der Waals surface area contributed by atoms with Gasteiger partial charge in [0.15, 0.2) is 0 Å². The summed E-state index contributed by atoms with van der Waals surface area (Å²) < 4.78 is 7.24. The van der Waals surface area contributed by atoms with Gasteiger partial charge in [-0.3, -0.25) is 0 Å². The van der Waals surface area contributed by atoms with Crippen LogP contribution in [0.4, 0.5) is 10.6 Å². The van der Waals surface area contributed by atoms with E-state index in [4.69, 9.17) is 9.84 Å². The Morgan fingerprint density at radius 3 is 2.33 bits per heavy atom. The fraction of sp³-hybridized carbons (Fsp3) is 0.565. The van der Waals surface area contributed by atoms with Gasteiger partial charge in [-0.2, -0.15) is 5.10 Å². The molecule has 2 aromatic rings. The summed E-state index contributed by atoms with van der Waals surface area (Å²) in [7, 11) is 5.68. The zero-order chi connectivity index (χ0) is 22.5. The summed E-state index contributed by atoms with van der Waals surface area (Å²) in [6.45, 7) is 11.6. The van der Waals surface area contributed by atoms with E-state index >= 15 is 0 Å². The molecule has 30 heavy (non-hydrogen) atoms. The van der Waals surface area contributed by atoms with E-state index in [1.807, 2.05) is 69.9 Å². The molecule has 0 radical (unpaired) electrons. The summed E-state index contributed by atoms with van der Waals surface area (Å²) in [6, 6.07) is 9.99. The first-order valence-electron chi connectivity index (χ1n) is 10.5. The van der Waals surface area contributed by atoms with Crippen molar-refractivity contribution < 1.29 is 9.53 Å². The molecular formula is C23H37N5O2. The normalized spacial score (nSPS) is 11.6. The van der Waals surface area contributed by atoms with Gasteiger partial charge in [0.1, 0.15) is 5.82 Å². The van der Waals surface area contributed by atoms with E-state index in [1.165, 1.54) is 0 Å². The van der Waals surface area contributed by atoms with Crippen LogP contribution in [0.2, 0.25) is 0 Å². The molecule has 0 aliphatic rings. The molecule has 166 valence electrons.